The zero-order valence-electron chi connectivity index (χ0n) is 26.4. The summed E-state index contributed by atoms with van der Waals surface area (Å²) < 4.78 is 19.2. The normalized spacial score (nSPS) is 22.7. The first-order valence-electron chi connectivity index (χ1n) is 14.1. The van der Waals surface area contributed by atoms with E-state index in [1.54, 1.807) is 19.4 Å². The molecule has 0 aliphatic carbocycles. The predicted octanol–water partition coefficient (Wildman–Crippen LogP) is 8.06. The number of allylic oxidation sites excluding steroid dienone is 1. The van der Waals surface area contributed by atoms with Crippen molar-refractivity contribution < 1.29 is 23.8 Å². The van der Waals surface area contributed by atoms with Crippen molar-refractivity contribution in [1.29, 1.82) is 0 Å². The molecule has 0 fully saturated rings. The Hall–Kier alpha value is -1.09. The molecule has 39 heavy (non-hydrogen) atoms. The van der Waals surface area contributed by atoms with Crippen LogP contribution in [-0.2, 0) is 18.7 Å². The number of ketones is 1. The van der Waals surface area contributed by atoms with Crippen molar-refractivity contribution >= 4 is 25.7 Å². The summed E-state index contributed by atoms with van der Waals surface area (Å²) in [7, 11) is -0.554. The van der Waals surface area contributed by atoms with Gasteiger partial charge in [-0.15, -0.1) is 0 Å². The van der Waals surface area contributed by atoms with Crippen LogP contribution < -0.4 is 0 Å². The molecule has 8 heteroatoms. The lowest BCUT2D eigenvalue weighted by atomic mass is 9.80. The van der Waals surface area contributed by atoms with E-state index in [2.05, 4.69) is 65.7 Å². The van der Waals surface area contributed by atoms with E-state index in [-0.39, 0.29) is 40.1 Å². The minimum absolute atomic E-state index is 0.0298. The number of hydrogen-bond acceptors (Lipinski definition) is 6. The Kier molecular flexibility index (Phi) is 11.2. The fourth-order valence-electron chi connectivity index (χ4n) is 5.41. The van der Waals surface area contributed by atoms with Crippen molar-refractivity contribution in [2.24, 2.45) is 23.2 Å². The highest BCUT2D eigenvalue weighted by atomic mass is 35.5. The van der Waals surface area contributed by atoms with Crippen molar-refractivity contribution in [3.8, 4) is 0 Å². The predicted molar refractivity (Wildman–Crippen MR) is 161 cm³/mol. The number of Topliss-reactive ketones (excluding diaryl/α,β-unsaturated/α-hetero) is 1. The molecular weight excluding hydrogens is 530 g/mol. The van der Waals surface area contributed by atoms with Gasteiger partial charge in [0, 0.05) is 30.6 Å². The molecule has 1 unspecified atom stereocenters. The third kappa shape index (κ3) is 8.01. The first-order valence-corrected chi connectivity index (χ1v) is 17.4. The number of carbonyl (C=O) groups is 1. The zero-order valence-corrected chi connectivity index (χ0v) is 28.1. The van der Waals surface area contributed by atoms with Gasteiger partial charge in [0.15, 0.2) is 14.6 Å². The Morgan fingerprint density at radius 1 is 1.21 bits per heavy atom. The van der Waals surface area contributed by atoms with Gasteiger partial charge < -0.3 is 19.0 Å². The van der Waals surface area contributed by atoms with E-state index in [0.717, 1.165) is 12.0 Å². The zero-order chi connectivity index (χ0) is 30.1. The summed E-state index contributed by atoms with van der Waals surface area (Å²) in [5, 5.41) is 11.2. The number of pyridine rings is 1. The van der Waals surface area contributed by atoms with E-state index in [0.29, 0.717) is 16.3 Å². The largest absolute Gasteiger partial charge is 0.410 e. The molecule has 1 N–H and O–H groups in total. The van der Waals surface area contributed by atoms with Crippen LogP contribution in [0.2, 0.25) is 23.2 Å². The first kappa shape index (κ1) is 34.1. The molecule has 0 saturated heterocycles. The van der Waals surface area contributed by atoms with Crippen LogP contribution >= 0.6 is 11.6 Å². The van der Waals surface area contributed by atoms with Crippen LogP contribution in [0.25, 0.3) is 0 Å². The van der Waals surface area contributed by atoms with Gasteiger partial charge in [0.05, 0.1) is 28.5 Å². The number of ether oxygens (including phenoxy) is 2. The maximum atomic E-state index is 12.8. The highest BCUT2D eigenvalue weighted by molar-refractivity contribution is 6.74. The molecule has 1 aliphatic heterocycles. The van der Waals surface area contributed by atoms with Crippen molar-refractivity contribution in [3.05, 3.63) is 40.2 Å². The minimum atomic E-state index is -2.27. The lowest BCUT2D eigenvalue weighted by Gasteiger charge is -2.44. The average Bonchev–Trinajstić information content (AvgIpc) is 3.13. The lowest BCUT2D eigenvalue weighted by Crippen LogP contribution is -2.49. The number of aliphatic hydroxyl groups is 1. The second kappa shape index (κ2) is 12.8. The Bertz CT molecular complexity index is 1030. The summed E-state index contributed by atoms with van der Waals surface area (Å²) in [6.07, 6.45) is 2.18. The van der Waals surface area contributed by atoms with Gasteiger partial charge in [-0.05, 0) is 49.0 Å². The van der Waals surface area contributed by atoms with Crippen LogP contribution in [0.3, 0.4) is 0 Å². The topological polar surface area (TPSA) is 77.9 Å². The van der Waals surface area contributed by atoms with E-state index in [9.17, 15) is 9.90 Å². The van der Waals surface area contributed by atoms with E-state index >= 15 is 0 Å². The second-order valence-corrected chi connectivity index (χ2v) is 19.2. The number of nitrogens with zero attached hydrogens (tertiary/aromatic N) is 1. The maximum Gasteiger partial charge on any atom is 0.192 e. The smallest absolute Gasteiger partial charge is 0.192 e. The number of carbonyl (C=O) groups excluding carboxylic acids is 1. The van der Waals surface area contributed by atoms with Gasteiger partial charge in [-0.1, -0.05) is 80.0 Å². The molecule has 2 heterocycles. The number of rotatable bonds is 11. The standard InChI is InChI=1S/C31H52ClNO5Si/c1-18(17-20(3)28(34)30(5,6)7)16-19(2)25(36-11)21(4)26(38-39(12,13)31(8,9)10)27-24-23(29(35)37-27)22(32)14-15-33-24/h14-16,18,20-21,25-27,29,35H,17H2,1-13H3/b19-16+/t18-,20-,21+,25+,26-,27+,29?/m0/s1. The van der Waals surface area contributed by atoms with Crippen LogP contribution in [0.15, 0.2) is 23.9 Å². The van der Waals surface area contributed by atoms with Crippen LogP contribution in [0.5, 0.6) is 0 Å². The molecule has 222 valence electrons. The molecule has 0 saturated carbocycles. The van der Waals surface area contributed by atoms with Gasteiger partial charge in [0.25, 0.3) is 0 Å². The van der Waals surface area contributed by atoms with Gasteiger partial charge in [-0.3, -0.25) is 9.78 Å². The molecule has 1 aliphatic rings. The van der Waals surface area contributed by atoms with Gasteiger partial charge >= 0.3 is 0 Å². The Balaban J connectivity index is 2.43. The Labute approximate surface area is 243 Å². The van der Waals surface area contributed by atoms with E-state index < -0.39 is 26.8 Å². The number of hydrogen-bond donors (Lipinski definition) is 1. The van der Waals surface area contributed by atoms with E-state index in [4.69, 9.17) is 25.5 Å². The summed E-state index contributed by atoms with van der Waals surface area (Å²) in [6.45, 7) is 25.3. The number of halogens is 1. The number of aliphatic hydroxyl groups excluding tert-OH is 1. The molecular formula is C31H52ClNO5Si. The minimum Gasteiger partial charge on any atom is -0.410 e. The molecule has 1 aromatic heterocycles. The van der Waals surface area contributed by atoms with Crippen molar-refractivity contribution in [2.45, 2.75) is 118 Å². The second-order valence-electron chi connectivity index (χ2n) is 14.0. The molecule has 6 nitrogen and oxygen atoms in total. The molecule has 0 radical (unpaired) electrons. The van der Waals surface area contributed by atoms with Gasteiger partial charge in [-0.25, -0.2) is 0 Å². The molecule has 0 bridgehead atoms. The Morgan fingerprint density at radius 3 is 2.31 bits per heavy atom. The summed E-state index contributed by atoms with van der Waals surface area (Å²) in [4.78, 5) is 17.4. The number of fused-ring (bicyclic) bond motifs is 1. The molecule has 0 amide bonds. The molecule has 0 aromatic carbocycles. The number of aromatic nitrogens is 1. The molecule has 2 rings (SSSR count). The van der Waals surface area contributed by atoms with E-state index in [1.165, 1.54) is 0 Å². The summed E-state index contributed by atoms with van der Waals surface area (Å²) in [6, 6.07) is 1.67. The summed E-state index contributed by atoms with van der Waals surface area (Å²) in [5.74, 6) is 0.311. The van der Waals surface area contributed by atoms with Crippen LogP contribution in [0.4, 0.5) is 0 Å². The van der Waals surface area contributed by atoms with Gasteiger partial charge in [-0.2, -0.15) is 0 Å². The van der Waals surface area contributed by atoms with Crippen LogP contribution in [-0.4, -0.2) is 43.5 Å². The highest BCUT2D eigenvalue weighted by Gasteiger charge is 2.48. The Morgan fingerprint density at radius 2 is 1.79 bits per heavy atom. The van der Waals surface area contributed by atoms with Crippen molar-refractivity contribution in [2.75, 3.05) is 7.11 Å². The van der Waals surface area contributed by atoms with Gasteiger partial charge in [0.1, 0.15) is 11.9 Å². The SMILES string of the molecule is CO[C@H](/C(C)=C/[C@H](C)C[C@H](C)C(=O)C(C)(C)C)[C@@H](C)[C@H](O[Si](C)(C)C(C)(C)C)[C@@H]1OC(O)c2c(Cl)ccnc21. The number of methoxy groups -OCH3 is 1. The first-order chi connectivity index (χ1) is 17.7. The monoisotopic (exact) mass is 581 g/mol. The molecule has 7 atom stereocenters. The van der Waals surface area contributed by atoms with Crippen LogP contribution in [0, 0.1) is 23.2 Å². The quantitative estimate of drug-likeness (QED) is 0.210. The third-order valence-corrected chi connectivity index (χ3v) is 13.3. The fourth-order valence-corrected chi connectivity index (χ4v) is 7.02. The maximum absolute atomic E-state index is 12.8. The highest BCUT2D eigenvalue weighted by Crippen LogP contribution is 2.47. The summed E-state index contributed by atoms with van der Waals surface area (Å²) in [5.41, 5.74) is 1.85. The fraction of sp³-hybridized carbons (Fsp3) is 0.742. The molecule has 0 spiro atoms. The van der Waals surface area contributed by atoms with Crippen LogP contribution in [0.1, 0.15) is 99.3 Å². The molecule has 1 aromatic rings. The van der Waals surface area contributed by atoms with Crippen molar-refractivity contribution in [1.82, 2.24) is 4.98 Å². The van der Waals surface area contributed by atoms with E-state index in [1.807, 2.05) is 27.7 Å². The third-order valence-electron chi connectivity index (χ3n) is 8.45. The van der Waals surface area contributed by atoms with Crippen molar-refractivity contribution in [3.63, 3.8) is 0 Å². The average molecular weight is 582 g/mol. The lowest BCUT2D eigenvalue weighted by molar-refractivity contribution is -0.162. The van der Waals surface area contributed by atoms with Gasteiger partial charge in [0.2, 0.25) is 0 Å². The summed E-state index contributed by atoms with van der Waals surface area (Å²) >= 11 is 6.44.